The van der Waals surface area contributed by atoms with Crippen LogP contribution in [0.1, 0.15) is 61.3 Å². The Labute approximate surface area is 106 Å². The second-order valence-electron chi connectivity index (χ2n) is 5.99. The molecule has 0 N–H and O–H groups in total. The molecule has 0 rings (SSSR count). The van der Waals surface area contributed by atoms with Gasteiger partial charge in [0.1, 0.15) is 4.87 Å². The summed E-state index contributed by atoms with van der Waals surface area (Å²) in [5.74, 6) is 1.82. The molecule has 0 aliphatic heterocycles. The Morgan fingerprint density at radius 1 is 1.06 bits per heavy atom. The zero-order valence-electron chi connectivity index (χ0n) is 12.0. The summed E-state index contributed by atoms with van der Waals surface area (Å²) in [6, 6.07) is 0. The first kappa shape index (κ1) is 16.0. The van der Waals surface area contributed by atoms with Gasteiger partial charge in [0.25, 0.3) is 0 Å². The third kappa shape index (κ3) is 8.14. The van der Waals surface area contributed by atoms with Gasteiger partial charge in [-0.25, -0.2) is 0 Å². The molecule has 0 aromatic rings. The van der Waals surface area contributed by atoms with Crippen molar-refractivity contribution in [1.82, 2.24) is 0 Å². The summed E-state index contributed by atoms with van der Waals surface area (Å²) in [5.41, 5.74) is -0.0645. The largest absolute Gasteiger partial charge is 0.187 e. The second-order valence-corrected chi connectivity index (χ2v) is 7.57. The molecule has 0 aromatic carbocycles. The number of thioether (sulfide) groups is 1. The molecular weight excluding hydrogens is 216 g/mol. The molecule has 0 aliphatic rings. The van der Waals surface area contributed by atoms with Crippen LogP contribution in [0.3, 0.4) is 0 Å². The zero-order chi connectivity index (χ0) is 12.8. The van der Waals surface area contributed by atoms with Gasteiger partial charge in [0.15, 0.2) is 0 Å². The van der Waals surface area contributed by atoms with Gasteiger partial charge in [-0.05, 0) is 52.2 Å². The van der Waals surface area contributed by atoms with E-state index in [0.717, 1.165) is 12.2 Å². The lowest BCUT2D eigenvalue weighted by Gasteiger charge is -2.26. The number of nitrogens with zero attached hydrogens (tertiary/aromatic N) is 2. The van der Waals surface area contributed by atoms with Gasteiger partial charge >= 0.3 is 0 Å². The van der Waals surface area contributed by atoms with Crippen LogP contribution in [0, 0.1) is 5.92 Å². The highest BCUT2D eigenvalue weighted by Gasteiger charge is 2.26. The van der Waals surface area contributed by atoms with Crippen LogP contribution in [0.4, 0.5) is 0 Å². The molecule has 0 saturated carbocycles. The van der Waals surface area contributed by atoms with Crippen LogP contribution in [0.25, 0.3) is 0 Å². The fraction of sp³-hybridized carbons (Fsp3) is 1.00. The van der Waals surface area contributed by atoms with Crippen molar-refractivity contribution in [2.45, 2.75) is 71.7 Å². The summed E-state index contributed by atoms with van der Waals surface area (Å²) in [4.78, 5) is -0.0442. The van der Waals surface area contributed by atoms with Crippen molar-refractivity contribution in [2.24, 2.45) is 16.1 Å². The Hall–Kier alpha value is -0.0500. The summed E-state index contributed by atoms with van der Waals surface area (Å²) in [6.45, 7) is 15.2. The van der Waals surface area contributed by atoms with Crippen LogP contribution in [-0.2, 0) is 0 Å². The Kier molecular flexibility index (Phi) is 6.61. The van der Waals surface area contributed by atoms with Crippen LogP contribution in [-0.4, -0.2) is 16.2 Å². The molecular formula is C13H28N2S. The van der Waals surface area contributed by atoms with Crippen molar-refractivity contribution in [2.75, 3.05) is 5.75 Å². The number of hydrogen-bond acceptors (Lipinski definition) is 3. The third-order valence-corrected chi connectivity index (χ3v) is 3.45. The van der Waals surface area contributed by atoms with E-state index in [9.17, 15) is 0 Å². The molecule has 0 aromatic heterocycles. The highest BCUT2D eigenvalue weighted by molar-refractivity contribution is 8.00. The predicted molar refractivity (Wildman–Crippen MR) is 75.2 cm³/mol. The normalized spacial score (nSPS) is 17.0. The van der Waals surface area contributed by atoms with E-state index in [1.54, 1.807) is 0 Å². The van der Waals surface area contributed by atoms with E-state index >= 15 is 0 Å². The van der Waals surface area contributed by atoms with Crippen LogP contribution < -0.4 is 0 Å². The Morgan fingerprint density at radius 3 is 2.00 bits per heavy atom. The molecule has 0 radical (unpaired) electrons. The minimum atomic E-state index is -0.0645. The van der Waals surface area contributed by atoms with Gasteiger partial charge in [0, 0.05) is 0 Å². The molecule has 0 fully saturated rings. The topological polar surface area (TPSA) is 24.7 Å². The lowest BCUT2D eigenvalue weighted by atomic mass is 10.1. The molecule has 96 valence electrons. The summed E-state index contributed by atoms with van der Waals surface area (Å²) in [7, 11) is 0. The predicted octanol–water partition coefficient (Wildman–Crippen LogP) is 5.14. The van der Waals surface area contributed by atoms with Crippen molar-refractivity contribution < 1.29 is 0 Å². The Morgan fingerprint density at radius 2 is 1.62 bits per heavy atom. The highest BCUT2D eigenvalue weighted by Crippen LogP contribution is 2.34. The van der Waals surface area contributed by atoms with E-state index in [-0.39, 0.29) is 10.4 Å². The van der Waals surface area contributed by atoms with Crippen LogP contribution in [0.2, 0.25) is 0 Å². The fourth-order valence-corrected chi connectivity index (χ4v) is 2.66. The van der Waals surface area contributed by atoms with Crippen LogP contribution >= 0.6 is 11.8 Å². The maximum atomic E-state index is 4.59. The van der Waals surface area contributed by atoms with Crippen molar-refractivity contribution >= 4 is 11.8 Å². The van der Waals surface area contributed by atoms with E-state index in [0.29, 0.717) is 5.92 Å². The standard InChI is InChI=1S/C13H28N2S/c1-8-9-16-13(7,10-11(2)3)15-14-12(4,5)6/h11H,8-10H2,1-7H3. The smallest absolute Gasteiger partial charge is 0.124 e. The summed E-state index contributed by atoms with van der Waals surface area (Å²) in [6.07, 6.45) is 2.29. The van der Waals surface area contributed by atoms with E-state index in [1.165, 1.54) is 6.42 Å². The second kappa shape index (κ2) is 6.63. The summed E-state index contributed by atoms with van der Waals surface area (Å²) in [5, 5.41) is 9.03. The first-order valence-electron chi connectivity index (χ1n) is 6.26. The molecule has 1 unspecified atom stereocenters. The lowest BCUT2D eigenvalue weighted by molar-refractivity contribution is 0.440. The van der Waals surface area contributed by atoms with Crippen LogP contribution in [0.5, 0.6) is 0 Å². The molecule has 2 nitrogen and oxygen atoms in total. The molecule has 0 spiro atoms. The minimum absolute atomic E-state index is 0.0442. The van der Waals surface area contributed by atoms with Crippen LogP contribution in [0.15, 0.2) is 10.2 Å². The van der Waals surface area contributed by atoms with E-state index in [2.05, 4.69) is 58.7 Å². The van der Waals surface area contributed by atoms with E-state index < -0.39 is 0 Å². The summed E-state index contributed by atoms with van der Waals surface area (Å²) >= 11 is 1.93. The molecule has 3 heteroatoms. The first-order valence-corrected chi connectivity index (χ1v) is 7.25. The molecule has 1 atom stereocenters. The van der Waals surface area contributed by atoms with Crippen molar-refractivity contribution in [3.63, 3.8) is 0 Å². The molecule has 16 heavy (non-hydrogen) atoms. The maximum absolute atomic E-state index is 4.59. The first-order chi connectivity index (χ1) is 7.18. The fourth-order valence-electron chi connectivity index (χ4n) is 1.46. The Balaban J connectivity index is 4.58. The zero-order valence-corrected chi connectivity index (χ0v) is 12.8. The number of azo groups is 1. The van der Waals surface area contributed by atoms with Gasteiger partial charge < -0.3 is 0 Å². The lowest BCUT2D eigenvalue weighted by Crippen LogP contribution is -2.22. The van der Waals surface area contributed by atoms with Gasteiger partial charge in [-0.1, -0.05) is 20.8 Å². The van der Waals surface area contributed by atoms with Gasteiger partial charge in [-0.3, -0.25) is 0 Å². The van der Waals surface area contributed by atoms with Gasteiger partial charge in [-0.2, -0.15) is 10.2 Å². The minimum Gasteiger partial charge on any atom is -0.187 e. The van der Waals surface area contributed by atoms with Gasteiger partial charge in [0.05, 0.1) is 5.54 Å². The molecule has 0 saturated heterocycles. The average molecular weight is 244 g/mol. The third-order valence-electron chi connectivity index (χ3n) is 1.97. The maximum Gasteiger partial charge on any atom is 0.124 e. The molecule has 0 bridgehead atoms. The quantitative estimate of drug-likeness (QED) is 0.593. The van der Waals surface area contributed by atoms with E-state index in [4.69, 9.17) is 0 Å². The van der Waals surface area contributed by atoms with Crippen molar-refractivity contribution in [1.29, 1.82) is 0 Å². The average Bonchev–Trinajstić information content (AvgIpc) is 2.10. The molecule has 0 aliphatic carbocycles. The van der Waals surface area contributed by atoms with Gasteiger partial charge in [-0.15, -0.1) is 11.8 Å². The Bertz CT molecular complexity index is 218. The highest BCUT2D eigenvalue weighted by atomic mass is 32.2. The number of rotatable bonds is 6. The summed E-state index contributed by atoms with van der Waals surface area (Å²) < 4.78 is 0. The van der Waals surface area contributed by atoms with Crippen molar-refractivity contribution in [3.8, 4) is 0 Å². The van der Waals surface area contributed by atoms with Gasteiger partial charge in [0.2, 0.25) is 0 Å². The SMILES string of the molecule is CCCSC(C)(CC(C)C)N=NC(C)(C)C. The van der Waals surface area contributed by atoms with Crippen molar-refractivity contribution in [3.05, 3.63) is 0 Å². The molecule has 0 heterocycles. The molecule has 0 amide bonds. The number of hydrogen-bond donors (Lipinski definition) is 0. The van der Waals surface area contributed by atoms with E-state index in [1.807, 2.05) is 11.8 Å². The monoisotopic (exact) mass is 244 g/mol.